The van der Waals surface area contributed by atoms with E-state index in [9.17, 15) is 14.7 Å². The Bertz CT molecular complexity index is 885. The highest BCUT2D eigenvalue weighted by Gasteiger charge is 2.49. The van der Waals surface area contributed by atoms with Crippen molar-refractivity contribution in [2.24, 2.45) is 11.8 Å². The monoisotopic (exact) mass is 397 g/mol. The molecule has 1 aromatic heterocycles. The Morgan fingerprint density at radius 2 is 1.83 bits per heavy atom. The second kappa shape index (κ2) is 7.35. The summed E-state index contributed by atoms with van der Waals surface area (Å²) in [5, 5.41) is 9.71. The molecule has 0 spiro atoms. The fourth-order valence-corrected chi connectivity index (χ4v) is 5.52. The summed E-state index contributed by atoms with van der Waals surface area (Å²) in [4.78, 5) is 33.6. The van der Waals surface area contributed by atoms with Crippen LogP contribution in [-0.4, -0.2) is 52.0 Å². The quantitative estimate of drug-likeness (QED) is 0.855. The van der Waals surface area contributed by atoms with E-state index in [2.05, 4.69) is 9.88 Å². The van der Waals surface area contributed by atoms with Gasteiger partial charge in [-0.05, 0) is 50.2 Å². The Labute approximate surface area is 169 Å². The second-order valence-corrected chi connectivity index (χ2v) is 8.67. The number of fused-ring (bicyclic) bond motifs is 2. The van der Waals surface area contributed by atoms with Gasteiger partial charge in [-0.1, -0.05) is 25.0 Å². The first-order valence-electron chi connectivity index (χ1n) is 10.8. The first kappa shape index (κ1) is 18.5. The van der Waals surface area contributed by atoms with Gasteiger partial charge in [-0.2, -0.15) is 4.98 Å². The summed E-state index contributed by atoms with van der Waals surface area (Å²) in [7, 11) is 0. The van der Waals surface area contributed by atoms with E-state index in [-0.39, 0.29) is 17.9 Å². The van der Waals surface area contributed by atoms with Gasteiger partial charge in [0.25, 0.3) is 6.01 Å². The number of piperidine rings is 1. The zero-order valence-electron chi connectivity index (χ0n) is 16.5. The number of aliphatic carboxylic acids is 1. The number of carbonyl (C=O) groups excluding carboxylic acids is 1. The molecule has 1 saturated carbocycles. The van der Waals surface area contributed by atoms with Crippen molar-refractivity contribution in [3.05, 3.63) is 24.3 Å². The van der Waals surface area contributed by atoms with E-state index in [0.29, 0.717) is 44.3 Å². The molecular weight excluding hydrogens is 370 g/mol. The minimum Gasteiger partial charge on any atom is -0.480 e. The molecule has 7 heteroatoms. The molecule has 1 aromatic carbocycles. The van der Waals surface area contributed by atoms with Crippen LogP contribution in [-0.2, 0) is 9.59 Å². The Morgan fingerprint density at radius 1 is 1.07 bits per heavy atom. The normalized spacial score (nSPS) is 27.9. The van der Waals surface area contributed by atoms with Gasteiger partial charge in [-0.3, -0.25) is 4.79 Å². The summed E-state index contributed by atoms with van der Waals surface area (Å²) in [6.45, 7) is 1.39. The number of nitrogens with zero attached hydrogens (tertiary/aromatic N) is 3. The zero-order valence-corrected chi connectivity index (χ0v) is 16.5. The number of hydrogen-bond donors (Lipinski definition) is 1. The standard InChI is InChI=1S/C22H27N3O4/c26-20(25-17-7-3-1-5-15(17)13-18(25)21(27)28)14-9-11-24(12-10-14)22-23-16-6-2-4-8-19(16)29-22/h2,4,6,8,14-15,17-18H,1,3,5,7,9-13H2,(H,27,28)/t15-,17-,18-/m0/s1. The highest BCUT2D eigenvalue weighted by atomic mass is 16.4. The van der Waals surface area contributed by atoms with Gasteiger partial charge >= 0.3 is 5.97 Å². The van der Waals surface area contributed by atoms with Crippen LogP contribution >= 0.6 is 0 Å². The van der Waals surface area contributed by atoms with Crippen LogP contribution in [0.5, 0.6) is 0 Å². The Kier molecular flexibility index (Phi) is 4.68. The third-order valence-corrected chi connectivity index (χ3v) is 7.02. The van der Waals surface area contributed by atoms with Crippen molar-refractivity contribution in [2.75, 3.05) is 18.0 Å². The second-order valence-electron chi connectivity index (χ2n) is 8.67. The lowest BCUT2D eigenvalue weighted by Gasteiger charge is -2.37. The number of aromatic nitrogens is 1. The molecule has 0 bridgehead atoms. The zero-order chi connectivity index (χ0) is 20.0. The van der Waals surface area contributed by atoms with Crippen LogP contribution in [0.15, 0.2) is 28.7 Å². The number of para-hydroxylation sites is 2. The third kappa shape index (κ3) is 3.26. The molecule has 0 radical (unpaired) electrons. The van der Waals surface area contributed by atoms with Crippen LogP contribution < -0.4 is 4.90 Å². The number of oxazole rings is 1. The summed E-state index contributed by atoms with van der Waals surface area (Å²) in [6, 6.07) is 7.77. The van der Waals surface area contributed by atoms with Gasteiger partial charge in [0.15, 0.2) is 5.58 Å². The molecule has 29 heavy (non-hydrogen) atoms. The van der Waals surface area contributed by atoms with Crippen molar-refractivity contribution in [3.63, 3.8) is 0 Å². The summed E-state index contributed by atoms with van der Waals surface area (Å²) in [5.41, 5.74) is 1.61. The number of carbonyl (C=O) groups is 2. The molecule has 154 valence electrons. The van der Waals surface area contributed by atoms with Crippen LogP contribution in [0, 0.1) is 11.8 Å². The topological polar surface area (TPSA) is 86.9 Å². The maximum absolute atomic E-state index is 13.4. The number of anilines is 1. The molecule has 2 saturated heterocycles. The van der Waals surface area contributed by atoms with Crippen molar-refractivity contribution in [3.8, 4) is 0 Å². The molecular formula is C22H27N3O4. The lowest BCUT2D eigenvalue weighted by atomic mass is 9.84. The predicted molar refractivity (Wildman–Crippen MR) is 108 cm³/mol. The summed E-state index contributed by atoms with van der Waals surface area (Å²) in [6.07, 6.45) is 6.27. The predicted octanol–water partition coefficient (Wildman–Crippen LogP) is 3.29. The minimum atomic E-state index is -0.850. The van der Waals surface area contributed by atoms with Gasteiger partial charge in [0.1, 0.15) is 11.6 Å². The largest absolute Gasteiger partial charge is 0.480 e. The van der Waals surface area contributed by atoms with E-state index < -0.39 is 12.0 Å². The van der Waals surface area contributed by atoms with Crippen LogP contribution in [0.4, 0.5) is 6.01 Å². The van der Waals surface area contributed by atoms with E-state index in [1.807, 2.05) is 24.3 Å². The first-order valence-corrected chi connectivity index (χ1v) is 10.8. The van der Waals surface area contributed by atoms with Crippen LogP contribution in [0.1, 0.15) is 44.9 Å². The molecule has 3 aliphatic rings. The molecule has 1 amide bonds. The van der Waals surface area contributed by atoms with Gasteiger partial charge in [0.2, 0.25) is 5.91 Å². The fourth-order valence-electron chi connectivity index (χ4n) is 5.52. The Hall–Kier alpha value is -2.57. The fraction of sp³-hybridized carbons (Fsp3) is 0.591. The van der Waals surface area contributed by atoms with Crippen LogP contribution in [0.3, 0.4) is 0 Å². The maximum Gasteiger partial charge on any atom is 0.326 e. The number of carboxylic acid groups (broad SMARTS) is 1. The van der Waals surface area contributed by atoms with Crippen LogP contribution in [0.25, 0.3) is 11.1 Å². The van der Waals surface area contributed by atoms with Gasteiger partial charge < -0.3 is 19.3 Å². The number of hydrogen-bond acceptors (Lipinski definition) is 5. The molecule has 3 heterocycles. The van der Waals surface area contributed by atoms with Gasteiger partial charge in [-0.15, -0.1) is 0 Å². The number of amides is 1. The third-order valence-electron chi connectivity index (χ3n) is 7.02. The van der Waals surface area contributed by atoms with Crippen LogP contribution in [0.2, 0.25) is 0 Å². The van der Waals surface area contributed by atoms with E-state index in [4.69, 9.17) is 4.42 Å². The van der Waals surface area contributed by atoms with Crippen molar-refractivity contribution >= 4 is 29.0 Å². The van der Waals surface area contributed by atoms with Gasteiger partial charge in [-0.25, -0.2) is 4.79 Å². The maximum atomic E-state index is 13.4. The lowest BCUT2D eigenvalue weighted by molar-refractivity contribution is -0.152. The SMILES string of the molecule is O=C(O)[C@@H]1C[C@@H]2CCCC[C@@H]2N1C(=O)C1CCN(c2nc3ccccc3o2)CC1. The first-order chi connectivity index (χ1) is 14.1. The summed E-state index contributed by atoms with van der Waals surface area (Å²) >= 11 is 0. The highest BCUT2D eigenvalue weighted by Crippen LogP contribution is 2.41. The average molecular weight is 397 g/mol. The molecule has 2 aliphatic heterocycles. The van der Waals surface area contributed by atoms with E-state index in [1.54, 1.807) is 4.90 Å². The molecule has 1 N–H and O–H groups in total. The molecule has 7 nitrogen and oxygen atoms in total. The smallest absolute Gasteiger partial charge is 0.326 e. The van der Waals surface area contributed by atoms with E-state index in [0.717, 1.165) is 36.8 Å². The number of benzene rings is 1. The molecule has 3 fully saturated rings. The van der Waals surface area contributed by atoms with Crippen molar-refractivity contribution in [2.45, 2.75) is 57.0 Å². The van der Waals surface area contributed by atoms with Crippen molar-refractivity contribution in [1.82, 2.24) is 9.88 Å². The number of likely N-dealkylation sites (tertiary alicyclic amines) is 1. The number of carboxylic acids is 1. The summed E-state index contributed by atoms with van der Waals surface area (Å²) < 4.78 is 5.86. The lowest BCUT2D eigenvalue weighted by Crippen LogP contribution is -2.50. The van der Waals surface area contributed by atoms with Crippen molar-refractivity contribution in [1.29, 1.82) is 0 Å². The Balaban J connectivity index is 1.28. The van der Waals surface area contributed by atoms with E-state index >= 15 is 0 Å². The van der Waals surface area contributed by atoms with E-state index in [1.165, 1.54) is 0 Å². The minimum absolute atomic E-state index is 0.0454. The Morgan fingerprint density at radius 3 is 2.59 bits per heavy atom. The molecule has 2 aromatic rings. The van der Waals surface area contributed by atoms with Gasteiger partial charge in [0.05, 0.1) is 0 Å². The number of rotatable bonds is 3. The molecule has 5 rings (SSSR count). The van der Waals surface area contributed by atoms with Crippen molar-refractivity contribution < 1.29 is 19.1 Å². The molecule has 1 aliphatic carbocycles. The average Bonchev–Trinajstić information content (AvgIpc) is 3.35. The molecule has 0 unspecified atom stereocenters. The summed E-state index contributed by atoms with van der Waals surface area (Å²) in [5.74, 6) is -0.563. The highest BCUT2D eigenvalue weighted by molar-refractivity contribution is 5.86. The molecule has 3 atom stereocenters. The van der Waals surface area contributed by atoms with Gasteiger partial charge in [0, 0.05) is 25.0 Å².